The lowest BCUT2D eigenvalue weighted by Crippen LogP contribution is -2.31. The molecule has 1 aliphatic heterocycles. The number of carbonyl (C=O) groups excluding carboxylic acids is 1. The van der Waals surface area contributed by atoms with Crippen LogP contribution in [0.3, 0.4) is 0 Å². The van der Waals surface area contributed by atoms with Gasteiger partial charge in [0.05, 0.1) is 0 Å². The summed E-state index contributed by atoms with van der Waals surface area (Å²) in [6, 6.07) is 11.0. The SMILES string of the molecule is O=C1CCCC2=C1C(c1c(O)ccc3ccccc13)n1ncnc1N2. The predicted octanol–water partition coefficient (Wildman–Crippen LogP) is 3.16. The van der Waals surface area contributed by atoms with Crippen LogP contribution in [0.25, 0.3) is 10.8 Å². The van der Waals surface area contributed by atoms with E-state index < -0.39 is 6.04 Å². The quantitative estimate of drug-likeness (QED) is 0.715. The van der Waals surface area contributed by atoms with Crippen molar-refractivity contribution in [2.45, 2.75) is 25.3 Å². The number of hydrogen-bond donors (Lipinski definition) is 2. The first-order valence-electron chi connectivity index (χ1n) is 8.37. The number of allylic oxidation sites excluding steroid dienone is 2. The Labute approximate surface area is 143 Å². The van der Waals surface area contributed by atoms with Crippen LogP contribution in [-0.4, -0.2) is 25.7 Å². The first-order valence-corrected chi connectivity index (χ1v) is 8.37. The third-order valence-corrected chi connectivity index (χ3v) is 5.03. The number of carbonyl (C=O) groups is 1. The molecule has 6 heteroatoms. The molecule has 2 aliphatic rings. The van der Waals surface area contributed by atoms with Crippen LogP contribution in [0.4, 0.5) is 5.95 Å². The maximum Gasteiger partial charge on any atom is 0.226 e. The zero-order valence-electron chi connectivity index (χ0n) is 13.4. The minimum absolute atomic E-state index is 0.104. The number of phenolic OH excluding ortho intramolecular Hbond substituents is 1. The van der Waals surface area contributed by atoms with E-state index in [2.05, 4.69) is 15.4 Å². The first-order chi connectivity index (χ1) is 12.2. The number of ketones is 1. The van der Waals surface area contributed by atoms with Crippen LogP contribution in [-0.2, 0) is 4.79 Å². The average molecular weight is 332 g/mol. The second-order valence-electron chi connectivity index (χ2n) is 6.44. The highest BCUT2D eigenvalue weighted by Gasteiger charge is 2.38. The largest absolute Gasteiger partial charge is 0.508 e. The summed E-state index contributed by atoms with van der Waals surface area (Å²) in [5, 5.41) is 20.2. The number of nitrogens with zero attached hydrogens (tertiary/aromatic N) is 3. The minimum atomic E-state index is -0.465. The van der Waals surface area contributed by atoms with Crippen LogP contribution in [0.2, 0.25) is 0 Å². The van der Waals surface area contributed by atoms with Crippen LogP contribution >= 0.6 is 0 Å². The van der Waals surface area contributed by atoms with E-state index in [-0.39, 0.29) is 11.5 Å². The van der Waals surface area contributed by atoms with Gasteiger partial charge >= 0.3 is 0 Å². The lowest BCUT2D eigenvalue weighted by atomic mass is 9.83. The van der Waals surface area contributed by atoms with Crippen molar-refractivity contribution in [1.82, 2.24) is 14.8 Å². The minimum Gasteiger partial charge on any atom is -0.508 e. The number of benzene rings is 2. The monoisotopic (exact) mass is 332 g/mol. The number of aromatic nitrogens is 3. The lowest BCUT2D eigenvalue weighted by Gasteiger charge is -2.33. The average Bonchev–Trinajstić information content (AvgIpc) is 3.09. The van der Waals surface area contributed by atoms with E-state index in [0.717, 1.165) is 29.3 Å². The third kappa shape index (κ3) is 2.00. The Bertz CT molecular complexity index is 1050. The van der Waals surface area contributed by atoms with E-state index in [9.17, 15) is 9.90 Å². The van der Waals surface area contributed by atoms with Gasteiger partial charge in [-0.25, -0.2) is 4.68 Å². The fourth-order valence-electron chi connectivity index (χ4n) is 3.93. The van der Waals surface area contributed by atoms with Crippen molar-refractivity contribution < 1.29 is 9.90 Å². The summed E-state index contributed by atoms with van der Waals surface area (Å²) in [6.07, 6.45) is 3.62. The highest BCUT2D eigenvalue weighted by atomic mass is 16.3. The number of anilines is 1. The number of rotatable bonds is 1. The van der Waals surface area contributed by atoms with Crippen molar-refractivity contribution in [1.29, 1.82) is 0 Å². The van der Waals surface area contributed by atoms with E-state index >= 15 is 0 Å². The standard InChI is InChI=1S/C19H16N4O2/c24-14-7-3-6-13-17(14)18(23-19(22-13)20-10-21-23)16-12-5-2-1-4-11(12)8-9-15(16)25/h1-2,4-5,8-10,18,25H,3,6-7H2,(H,20,21,22). The highest BCUT2D eigenvalue weighted by Crippen LogP contribution is 2.44. The van der Waals surface area contributed by atoms with Gasteiger partial charge in [-0.2, -0.15) is 10.1 Å². The molecule has 6 nitrogen and oxygen atoms in total. The Kier molecular flexibility index (Phi) is 2.94. The Balaban J connectivity index is 1.85. The van der Waals surface area contributed by atoms with Crippen molar-refractivity contribution in [2.75, 3.05) is 5.32 Å². The van der Waals surface area contributed by atoms with Crippen molar-refractivity contribution in [3.05, 3.63) is 59.6 Å². The van der Waals surface area contributed by atoms with Gasteiger partial charge in [0, 0.05) is 23.3 Å². The summed E-state index contributed by atoms with van der Waals surface area (Å²) in [5.74, 6) is 0.871. The number of nitrogens with one attached hydrogen (secondary N) is 1. The molecule has 25 heavy (non-hydrogen) atoms. The van der Waals surface area contributed by atoms with E-state index in [0.29, 0.717) is 23.5 Å². The van der Waals surface area contributed by atoms with Crippen LogP contribution in [0.5, 0.6) is 5.75 Å². The van der Waals surface area contributed by atoms with Crippen molar-refractivity contribution in [3.63, 3.8) is 0 Å². The molecule has 0 spiro atoms. The predicted molar refractivity (Wildman–Crippen MR) is 93.3 cm³/mol. The number of fused-ring (bicyclic) bond motifs is 2. The summed E-state index contributed by atoms with van der Waals surface area (Å²) in [4.78, 5) is 17.0. The van der Waals surface area contributed by atoms with Crippen LogP contribution in [0, 0.1) is 0 Å². The number of aromatic hydroxyl groups is 1. The molecule has 0 radical (unpaired) electrons. The van der Waals surface area contributed by atoms with Crippen LogP contribution in [0.1, 0.15) is 30.9 Å². The Morgan fingerprint density at radius 2 is 2.04 bits per heavy atom. The maximum absolute atomic E-state index is 12.8. The van der Waals surface area contributed by atoms with Crippen LogP contribution in [0.15, 0.2) is 54.0 Å². The molecule has 3 aromatic rings. The maximum atomic E-state index is 12.8. The molecule has 0 amide bonds. The second-order valence-corrected chi connectivity index (χ2v) is 6.44. The van der Waals surface area contributed by atoms with Gasteiger partial charge in [0.1, 0.15) is 18.1 Å². The summed E-state index contributed by atoms with van der Waals surface area (Å²) < 4.78 is 1.70. The summed E-state index contributed by atoms with van der Waals surface area (Å²) in [7, 11) is 0. The van der Waals surface area contributed by atoms with Crippen LogP contribution < -0.4 is 5.32 Å². The normalized spacial score (nSPS) is 19.5. The van der Waals surface area contributed by atoms with Crippen molar-refractivity contribution >= 4 is 22.5 Å². The molecule has 1 unspecified atom stereocenters. The van der Waals surface area contributed by atoms with Crippen molar-refractivity contribution in [3.8, 4) is 5.75 Å². The molecule has 5 rings (SSSR count). The third-order valence-electron chi connectivity index (χ3n) is 5.03. The molecule has 1 aromatic heterocycles. The molecule has 2 aromatic carbocycles. The number of hydrogen-bond acceptors (Lipinski definition) is 5. The highest BCUT2D eigenvalue weighted by molar-refractivity contribution is 6.01. The van der Waals surface area contributed by atoms with Gasteiger partial charge in [-0.15, -0.1) is 0 Å². The number of phenols is 1. The van der Waals surface area contributed by atoms with E-state index in [1.807, 2.05) is 30.3 Å². The topological polar surface area (TPSA) is 80.0 Å². The van der Waals surface area contributed by atoms with Gasteiger partial charge in [-0.3, -0.25) is 4.79 Å². The van der Waals surface area contributed by atoms with Crippen molar-refractivity contribution in [2.24, 2.45) is 0 Å². The summed E-state index contributed by atoms with van der Waals surface area (Å²) >= 11 is 0. The van der Waals surface area contributed by atoms with Gasteiger partial charge in [-0.05, 0) is 29.7 Å². The molecule has 0 bridgehead atoms. The molecule has 0 saturated heterocycles. The zero-order valence-corrected chi connectivity index (χ0v) is 13.4. The number of Topliss-reactive ketones (excluding diaryl/α,β-unsaturated/α-hetero) is 1. The summed E-state index contributed by atoms with van der Waals surface area (Å²) in [5.41, 5.74) is 2.29. The molecular weight excluding hydrogens is 316 g/mol. The van der Waals surface area contributed by atoms with Gasteiger partial charge in [0.15, 0.2) is 5.78 Å². The van der Waals surface area contributed by atoms with Gasteiger partial charge in [-0.1, -0.05) is 30.3 Å². The molecular formula is C19H16N4O2. The molecule has 2 N–H and O–H groups in total. The fourth-order valence-corrected chi connectivity index (χ4v) is 3.93. The van der Waals surface area contributed by atoms with E-state index in [4.69, 9.17) is 0 Å². The Morgan fingerprint density at radius 1 is 1.16 bits per heavy atom. The van der Waals surface area contributed by atoms with Gasteiger partial charge in [0.2, 0.25) is 5.95 Å². The molecule has 2 heterocycles. The molecule has 1 atom stereocenters. The van der Waals surface area contributed by atoms with E-state index in [1.54, 1.807) is 10.7 Å². The molecule has 0 fully saturated rings. The van der Waals surface area contributed by atoms with Gasteiger partial charge < -0.3 is 10.4 Å². The molecule has 124 valence electrons. The molecule has 1 aliphatic carbocycles. The lowest BCUT2D eigenvalue weighted by molar-refractivity contribution is -0.116. The first kappa shape index (κ1) is 14.2. The zero-order chi connectivity index (χ0) is 17.0. The van der Waals surface area contributed by atoms with Gasteiger partial charge in [0.25, 0.3) is 0 Å². The fraction of sp³-hybridized carbons (Fsp3) is 0.211. The second kappa shape index (κ2) is 5.17. The summed E-state index contributed by atoms with van der Waals surface area (Å²) in [6.45, 7) is 0. The van der Waals surface area contributed by atoms with E-state index in [1.165, 1.54) is 6.33 Å². The molecule has 0 saturated carbocycles. The smallest absolute Gasteiger partial charge is 0.226 e. The Hall–Kier alpha value is -3.15. The Morgan fingerprint density at radius 3 is 2.96 bits per heavy atom.